The van der Waals surface area contributed by atoms with E-state index in [4.69, 9.17) is 4.74 Å². The Morgan fingerprint density at radius 2 is 2.05 bits per heavy atom. The molecule has 1 aliphatic heterocycles. The summed E-state index contributed by atoms with van der Waals surface area (Å²) in [6.45, 7) is 10.8. The fourth-order valence-corrected chi connectivity index (χ4v) is 3.45. The third-order valence-corrected chi connectivity index (χ3v) is 5.38. The average molecular weight is 296 g/mol. The van der Waals surface area contributed by atoms with Crippen molar-refractivity contribution in [2.75, 3.05) is 24.6 Å². The first-order valence-electron chi connectivity index (χ1n) is 7.38. The van der Waals surface area contributed by atoms with Crippen LogP contribution in [0, 0.1) is 12.3 Å². The van der Waals surface area contributed by atoms with Crippen LogP contribution in [-0.2, 0) is 4.74 Å². The van der Waals surface area contributed by atoms with Gasteiger partial charge in [-0.2, -0.15) is 0 Å². The maximum atomic E-state index is 11.8. The lowest BCUT2D eigenvalue weighted by molar-refractivity contribution is 0.0519. The van der Waals surface area contributed by atoms with E-state index in [1.54, 1.807) is 11.3 Å². The van der Waals surface area contributed by atoms with Crippen molar-refractivity contribution < 1.29 is 9.53 Å². The lowest BCUT2D eigenvalue weighted by Crippen LogP contribution is -2.38. The quantitative estimate of drug-likeness (QED) is 0.795. The molecule has 1 aromatic heterocycles. The fraction of sp³-hybridized carbons (Fsp3) is 0.733. The number of hydrogen-bond donors (Lipinski definition) is 0. The topological polar surface area (TPSA) is 42.4 Å². The second-order valence-electron chi connectivity index (χ2n) is 5.77. The molecule has 1 aromatic rings. The van der Waals surface area contributed by atoms with Gasteiger partial charge in [-0.25, -0.2) is 9.78 Å². The summed E-state index contributed by atoms with van der Waals surface area (Å²) < 4.78 is 5.05. The molecule has 0 unspecified atom stereocenters. The van der Waals surface area contributed by atoms with Crippen LogP contribution in [0.3, 0.4) is 0 Å². The highest BCUT2D eigenvalue weighted by Gasteiger charge is 2.30. The fourth-order valence-electron chi connectivity index (χ4n) is 2.50. The van der Waals surface area contributed by atoms with Crippen LogP contribution in [0.15, 0.2) is 0 Å². The molecule has 0 radical (unpaired) electrons. The van der Waals surface area contributed by atoms with Gasteiger partial charge in [-0.3, -0.25) is 0 Å². The number of ether oxygens (including phenoxy) is 1. The van der Waals surface area contributed by atoms with Crippen LogP contribution in [0.4, 0.5) is 5.13 Å². The van der Waals surface area contributed by atoms with Crippen molar-refractivity contribution in [1.29, 1.82) is 0 Å². The van der Waals surface area contributed by atoms with Crippen molar-refractivity contribution in [3.8, 4) is 0 Å². The summed E-state index contributed by atoms with van der Waals surface area (Å²) in [5, 5.41) is 0.962. The summed E-state index contributed by atoms with van der Waals surface area (Å²) in [7, 11) is 0. The molecule has 1 aliphatic rings. The van der Waals surface area contributed by atoms with Gasteiger partial charge in [0.1, 0.15) is 0 Å². The molecule has 1 fully saturated rings. The maximum absolute atomic E-state index is 11.8. The summed E-state index contributed by atoms with van der Waals surface area (Å²) in [5.41, 5.74) is 0.947. The van der Waals surface area contributed by atoms with Crippen molar-refractivity contribution >= 4 is 22.4 Å². The number of nitrogens with zero attached hydrogens (tertiary/aromatic N) is 2. The molecule has 0 N–H and O–H groups in total. The van der Waals surface area contributed by atoms with Gasteiger partial charge in [0.05, 0.1) is 6.61 Å². The zero-order chi connectivity index (χ0) is 14.8. The van der Waals surface area contributed by atoms with Crippen molar-refractivity contribution in [3.05, 3.63) is 10.6 Å². The zero-order valence-corrected chi connectivity index (χ0v) is 13.7. The predicted molar refractivity (Wildman–Crippen MR) is 82.7 cm³/mol. The Morgan fingerprint density at radius 1 is 1.40 bits per heavy atom. The number of anilines is 1. The summed E-state index contributed by atoms with van der Waals surface area (Å²) >= 11 is 1.60. The molecule has 4 nitrogen and oxygen atoms in total. The Hall–Kier alpha value is -1.10. The van der Waals surface area contributed by atoms with Gasteiger partial charge in [0.2, 0.25) is 0 Å². The van der Waals surface area contributed by atoms with Gasteiger partial charge in [-0.05, 0) is 32.1 Å². The van der Waals surface area contributed by atoms with Gasteiger partial charge in [0.15, 0.2) is 10.8 Å². The second-order valence-corrected chi connectivity index (χ2v) is 6.95. The Labute approximate surface area is 125 Å². The smallest absolute Gasteiger partial charge is 0.358 e. The molecule has 0 bridgehead atoms. The summed E-state index contributed by atoms with van der Waals surface area (Å²) in [6.07, 6.45) is 3.61. The van der Waals surface area contributed by atoms with Crippen molar-refractivity contribution in [2.24, 2.45) is 5.41 Å². The zero-order valence-electron chi connectivity index (χ0n) is 12.9. The Bertz CT molecular complexity index is 476. The molecule has 20 heavy (non-hydrogen) atoms. The van der Waals surface area contributed by atoms with Crippen LogP contribution in [0.25, 0.3) is 0 Å². The highest BCUT2D eigenvalue weighted by Crippen LogP contribution is 2.37. The number of hydrogen-bond acceptors (Lipinski definition) is 5. The minimum Gasteiger partial charge on any atom is -0.461 e. The van der Waals surface area contributed by atoms with Crippen LogP contribution in [0.5, 0.6) is 0 Å². The molecule has 0 spiro atoms. The van der Waals surface area contributed by atoms with E-state index in [9.17, 15) is 4.79 Å². The number of aryl methyl sites for hydroxylation is 1. The average Bonchev–Trinajstić information content (AvgIpc) is 2.82. The van der Waals surface area contributed by atoms with Crippen molar-refractivity contribution in [1.82, 2.24) is 4.98 Å². The third-order valence-electron chi connectivity index (χ3n) is 4.35. The van der Waals surface area contributed by atoms with Gasteiger partial charge in [-0.1, -0.05) is 20.3 Å². The van der Waals surface area contributed by atoms with E-state index in [1.807, 2.05) is 13.8 Å². The molecule has 0 atom stereocenters. The molecule has 2 rings (SSSR count). The number of carbonyl (C=O) groups is 1. The van der Waals surface area contributed by atoms with E-state index in [0.29, 0.717) is 17.7 Å². The lowest BCUT2D eigenvalue weighted by atomic mass is 9.78. The largest absolute Gasteiger partial charge is 0.461 e. The number of piperidine rings is 1. The molecular formula is C15H24N2O2S. The van der Waals surface area contributed by atoms with Crippen molar-refractivity contribution in [2.45, 2.75) is 47.0 Å². The molecule has 0 saturated carbocycles. The number of esters is 1. The lowest BCUT2D eigenvalue weighted by Gasteiger charge is -2.38. The van der Waals surface area contributed by atoms with E-state index in [1.165, 1.54) is 19.3 Å². The minimum atomic E-state index is -0.303. The van der Waals surface area contributed by atoms with Crippen LogP contribution in [-0.4, -0.2) is 30.6 Å². The van der Waals surface area contributed by atoms with Crippen LogP contribution in [0.2, 0.25) is 0 Å². The summed E-state index contributed by atoms with van der Waals surface area (Å²) in [5.74, 6) is -0.303. The molecular weight excluding hydrogens is 272 g/mol. The number of aromatic nitrogens is 1. The minimum absolute atomic E-state index is 0.303. The molecule has 0 aliphatic carbocycles. The van der Waals surface area contributed by atoms with Crippen LogP contribution in [0.1, 0.15) is 55.4 Å². The monoisotopic (exact) mass is 296 g/mol. The third kappa shape index (κ3) is 3.14. The number of carbonyl (C=O) groups excluding carboxylic acids is 1. The molecule has 112 valence electrons. The molecule has 2 heterocycles. The highest BCUT2D eigenvalue weighted by atomic mass is 32.1. The van der Waals surface area contributed by atoms with E-state index in [-0.39, 0.29) is 5.97 Å². The Morgan fingerprint density at radius 3 is 2.60 bits per heavy atom. The molecule has 1 saturated heterocycles. The Balaban J connectivity index is 2.08. The normalized spacial score (nSPS) is 18.1. The SMILES string of the molecule is CCOC(=O)c1nc(N2CCC(C)(CC)CC2)sc1C. The number of rotatable bonds is 4. The molecule has 5 heteroatoms. The maximum Gasteiger partial charge on any atom is 0.358 e. The Kier molecular flexibility index (Phi) is 4.68. The first-order chi connectivity index (χ1) is 9.49. The number of thiazole rings is 1. The van der Waals surface area contributed by atoms with Crippen LogP contribution >= 0.6 is 11.3 Å². The standard InChI is InChI=1S/C15H24N2O2S/c1-5-15(4)7-9-17(10-8-15)14-16-12(11(3)20-14)13(18)19-6-2/h5-10H2,1-4H3. The van der Waals surface area contributed by atoms with E-state index < -0.39 is 0 Å². The predicted octanol–water partition coefficient (Wildman–Crippen LogP) is 3.64. The van der Waals surface area contributed by atoms with Gasteiger partial charge in [0.25, 0.3) is 0 Å². The van der Waals surface area contributed by atoms with E-state index >= 15 is 0 Å². The van der Waals surface area contributed by atoms with E-state index in [0.717, 1.165) is 23.1 Å². The highest BCUT2D eigenvalue weighted by molar-refractivity contribution is 7.15. The summed E-state index contributed by atoms with van der Waals surface area (Å²) in [6, 6.07) is 0. The molecule has 0 amide bonds. The van der Waals surface area contributed by atoms with E-state index in [2.05, 4.69) is 23.7 Å². The first-order valence-corrected chi connectivity index (χ1v) is 8.20. The van der Waals surface area contributed by atoms with Gasteiger partial charge in [0, 0.05) is 18.0 Å². The van der Waals surface area contributed by atoms with Crippen LogP contribution < -0.4 is 4.90 Å². The second kappa shape index (κ2) is 6.12. The first kappa shape index (κ1) is 15.3. The van der Waals surface area contributed by atoms with Gasteiger partial charge < -0.3 is 9.64 Å². The van der Waals surface area contributed by atoms with Gasteiger partial charge >= 0.3 is 5.97 Å². The molecule has 0 aromatic carbocycles. The van der Waals surface area contributed by atoms with Crippen molar-refractivity contribution in [3.63, 3.8) is 0 Å². The summed E-state index contributed by atoms with van der Waals surface area (Å²) in [4.78, 5) is 19.6. The van der Waals surface area contributed by atoms with Gasteiger partial charge in [-0.15, -0.1) is 11.3 Å².